The zero-order valence-corrected chi connectivity index (χ0v) is 13.2. The van der Waals surface area contributed by atoms with E-state index in [0.717, 1.165) is 43.9 Å². The Hall–Kier alpha value is -2.11. The quantitative estimate of drug-likeness (QED) is 0.934. The molecule has 1 saturated heterocycles. The number of aromatic nitrogens is 3. The van der Waals surface area contributed by atoms with Crippen LogP contribution >= 0.6 is 0 Å². The fourth-order valence-corrected chi connectivity index (χ4v) is 2.88. The summed E-state index contributed by atoms with van der Waals surface area (Å²) < 4.78 is 1.86. The number of carbonyl (C=O) groups is 1. The molecule has 3 heterocycles. The van der Waals surface area contributed by atoms with E-state index in [0.29, 0.717) is 5.92 Å². The van der Waals surface area contributed by atoms with Crippen molar-refractivity contribution in [3.05, 3.63) is 24.5 Å². The van der Waals surface area contributed by atoms with Gasteiger partial charge < -0.3 is 10.2 Å². The van der Waals surface area contributed by atoms with Gasteiger partial charge in [0.25, 0.3) is 0 Å². The van der Waals surface area contributed by atoms with E-state index < -0.39 is 0 Å². The lowest BCUT2D eigenvalue weighted by atomic mass is 9.95. The van der Waals surface area contributed by atoms with Gasteiger partial charge in [0.2, 0.25) is 5.91 Å². The molecule has 0 aliphatic carbocycles. The van der Waals surface area contributed by atoms with Crippen LogP contribution in [0.5, 0.6) is 0 Å². The summed E-state index contributed by atoms with van der Waals surface area (Å²) in [6.45, 7) is 6.73. The standard InChI is InChI=1S/C16H23N5O/c1-12(2)11-18-16(22)13-5-9-20(10-6-13)15-4-7-17-14-3-8-19-21(14)15/h3-4,7-8,12-13H,5-6,9-11H2,1-2H3,(H,18,22). The molecular weight excluding hydrogens is 278 g/mol. The number of nitrogens with one attached hydrogen (secondary N) is 1. The second-order valence-corrected chi connectivity index (χ2v) is 6.30. The van der Waals surface area contributed by atoms with Gasteiger partial charge in [-0.05, 0) is 24.8 Å². The fourth-order valence-electron chi connectivity index (χ4n) is 2.88. The van der Waals surface area contributed by atoms with E-state index in [1.165, 1.54) is 0 Å². The van der Waals surface area contributed by atoms with Gasteiger partial charge in [-0.2, -0.15) is 9.61 Å². The average Bonchev–Trinajstić information content (AvgIpc) is 3.01. The van der Waals surface area contributed by atoms with Crippen molar-refractivity contribution < 1.29 is 4.79 Å². The summed E-state index contributed by atoms with van der Waals surface area (Å²) in [4.78, 5) is 18.7. The molecular formula is C16H23N5O. The highest BCUT2D eigenvalue weighted by Crippen LogP contribution is 2.23. The summed E-state index contributed by atoms with van der Waals surface area (Å²) in [6, 6.07) is 3.88. The molecule has 1 aliphatic rings. The summed E-state index contributed by atoms with van der Waals surface area (Å²) in [7, 11) is 0. The van der Waals surface area contributed by atoms with Crippen LogP contribution in [0.3, 0.4) is 0 Å². The number of rotatable bonds is 4. The zero-order valence-electron chi connectivity index (χ0n) is 13.2. The maximum atomic E-state index is 12.2. The summed E-state index contributed by atoms with van der Waals surface area (Å²) in [6.07, 6.45) is 5.34. The van der Waals surface area contributed by atoms with Crippen LogP contribution < -0.4 is 10.2 Å². The minimum Gasteiger partial charge on any atom is -0.356 e. The molecule has 0 bridgehead atoms. The van der Waals surface area contributed by atoms with E-state index in [2.05, 4.69) is 34.1 Å². The largest absolute Gasteiger partial charge is 0.356 e. The number of nitrogens with zero attached hydrogens (tertiary/aromatic N) is 4. The first kappa shape index (κ1) is 14.8. The van der Waals surface area contributed by atoms with E-state index in [1.807, 2.05) is 22.8 Å². The smallest absolute Gasteiger partial charge is 0.223 e. The maximum absolute atomic E-state index is 12.2. The lowest BCUT2D eigenvalue weighted by Gasteiger charge is -2.32. The molecule has 0 spiro atoms. The highest BCUT2D eigenvalue weighted by Gasteiger charge is 2.26. The van der Waals surface area contributed by atoms with Gasteiger partial charge in [-0.3, -0.25) is 4.79 Å². The van der Waals surface area contributed by atoms with Crippen LogP contribution in [0.25, 0.3) is 5.65 Å². The van der Waals surface area contributed by atoms with Crippen LogP contribution in [0.15, 0.2) is 24.5 Å². The highest BCUT2D eigenvalue weighted by molar-refractivity contribution is 5.79. The lowest BCUT2D eigenvalue weighted by molar-refractivity contribution is -0.125. The Morgan fingerprint density at radius 2 is 2.09 bits per heavy atom. The molecule has 1 amide bonds. The van der Waals surface area contributed by atoms with Crippen molar-refractivity contribution in [1.29, 1.82) is 0 Å². The van der Waals surface area contributed by atoms with Crippen molar-refractivity contribution in [2.45, 2.75) is 26.7 Å². The first-order chi connectivity index (χ1) is 10.6. The molecule has 0 unspecified atom stereocenters. The Kier molecular flexibility index (Phi) is 4.27. The summed E-state index contributed by atoms with van der Waals surface area (Å²) in [5.41, 5.74) is 0.856. The van der Waals surface area contributed by atoms with Crippen LogP contribution in [0.2, 0.25) is 0 Å². The number of anilines is 1. The highest BCUT2D eigenvalue weighted by atomic mass is 16.1. The Labute approximate surface area is 130 Å². The molecule has 2 aromatic rings. The van der Waals surface area contributed by atoms with Crippen molar-refractivity contribution in [2.24, 2.45) is 11.8 Å². The Morgan fingerprint density at radius 3 is 2.82 bits per heavy atom. The SMILES string of the molecule is CC(C)CNC(=O)C1CCN(c2ccnc3ccnn23)CC1. The summed E-state index contributed by atoms with van der Waals surface area (Å²) >= 11 is 0. The van der Waals surface area contributed by atoms with Crippen LogP contribution in [0, 0.1) is 11.8 Å². The molecule has 22 heavy (non-hydrogen) atoms. The molecule has 1 aliphatic heterocycles. The monoisotopic (exact) mass is 301 g/mol. The third kappa shape index (κ3) is 3.05. The van der Waals surface area contributed by atoms with Gasteiger partial charge in [-0.25, -0.2) is 4.98 Å². The first-order valence-corrected chi connectivity index (χ1v) is 7.96. The van der Waals surface area contributed by atoms with Crippen LogP contribution in [0.4, 0.5) is 5.82 Å². The number of carbonyl (C=O) groups excluding carboxylic acids is 1. The lowest BCUT2D eigenvalue weighted by Crippen LogP contribution is -2.42. The van der Waals surface area contributed by atoms with Gasteiger partial charge in [0.15, 0.2) is 5.65 Å². The third-order valence-electron chi connectivity index (χ3n) is 4.14. The minimum absolute atomic E-state index is 0.130. The molecule has 1 fully saturated rings. The predicted molar refractivity (Wildman–Crippen MR) is 85.8 cm³/mol. The molecule has 0 radical (unpaired) electrons. The molecule has 2 aromatic heterocycles. The van der Waals surface area contributed by atoms with Gasteiger partial charge in [-0.15, -0.1) is 0 Å². The van der Waals surface area contributed by atoms with Gasteiger partial charge in [0.05, 0.1) is 6.20 Å². The van der Waals surface area contributed by atoms with E-state index in [1.54, 1.807) is 6.20 Å². The maximum Gasteiger partial charge on any atom is 0.223 e. The van der Waals surface area contributed by atoms with Gasteiger partial charge in [0.1, 0.15) is 5.82 Å². The number of hydrogen-bond acceptors (Lipinski definition) is 4. The Morgan fingerprint density at radius 1 is 1.32 bits per heavy atom. The molecule has 1 N–H and O–H groups in total. The number of amides is 1. The van der Waals surface area contributed by atoms with Crippen molar-refractivity contribution in [3.8, 4) is 0 Å². The second-order valence-electron chi connectivity index (χ2n) is 6.30. The molecule has 0 atom stereocenters. The number of fused-ring (bicyclic) bond motifs is 1. The van der Waals surface area contributed by atoms with Gasteiger partial charge in [-0.1, -0.05) is 13.8 Å². The van der Waals surface area contributed by atoms with Gasteiger partial charge >= 0.3 is 0 Å². The Balaban J connectivity index is 1.62. The van der Waals surface area contributed by atoms with Crippen molar-refractivity contribution in [3.63, 3.8) is 0 Å². The topological polar surface area (TPSA) is 62.5 Å². The molecule has 6 nitrogen and oxygen atoms in total. The van der Waals surface area contributed by atoms with Crippen molar-refractivity contribution in [1.82, 2.24) is 19.9 Å². The van der Waals surface area contributed by atoms with Crippen molar-refractivity contribution >= 4 is 17.4 Å². The third-order valence-corrected chi connectivity index (χ3v) is 4.14. The van der Waals surface area contributed by atoms with E-state index in [-0.39, 0.29) is 11.8 Å². The first-order valence-electron chi connectivity index (χ1n) is 7.96. The molecule has 0 saturated carbocycles. The molecule has 0 aromatic carbocycles. The van der Waals surface area contributed by atoms with E-state index in [9.17, 15) is 4.79 Å². The van der Waals surface area contributed by atoms with Crippen LogP contribution in [-0.4, -0.2) is 40.1 Å². The van der Waals surface area contributed by atoms with Gasteiger partial charge in [0, 0.05) is 37.8 Å². The second kappa shape index (κ2) is 6.34. The normalized spacial score (nSPS) is 16.4. The van der Waals surface area contributed by atoms with E-state index >= 15 is 0 Å². The average molecular weight is 301 g/mol. The Bertz CT molecular complexity index is 643. The summed E-state index contributed by atoms with van der Waals surface area (Å²) in [5, 5.41) is 7.38. The number of hydrogen-bond donors (Lipinski definition) is 1. The molecule has 118 valence electrons. The van der Waals surface area contributed by atoms with Crippen molar-refractivity contribution in [2.75, 3.05) is 24.5 Å². The zero-order chi connectivity index (χ0) is 15.5. The van der Waals surface area contributed by atoms with Crippen LogP contribution in [-0.2, 0) is 4.79 Å². The van der Waals surface area contributed by atoms with Crippen LogP contribution in [0.1, 0.15) is 26.7 Å². The number of piperidine rings is 1. The fraction of sp³-hybridized carbons (Fsp3) is 0.562. The predicted octanol–water partition coefficient (Wildman–Crippen LogP) is 1.72. The van der Waals surface area contributed by atoms with E-state index in [4.69, 9.17) is 0 Å². The minimum atomic E-state index is 0.130. The molecule has 3 rings (SSSR count). The summed E-state index contributed by atoms with van der Waals surface area (Å²) in [5.74, 6) is 1.88. The molecule has 6 heteroatoms.